The van der Waals surface area contributed by atoms with E-state index < -0.39 is 30.4 Å². The number of rotatable bonds is 11. The number of carbonyl (C=O) groups is 2. The number of thiazole rings is 1. The highest BCUT2D eigenvalue weighted by atomic mass is 32.1. The fourth-order valence-electron chi connectivity index (χ4n) is 3.52. The smallest absolute Gasteiger partial charge is 0.407 e. The first-order chi connectivity index (χ1) is 16.0. The molecule has 0 saturated carbocycles. The molecule has 4 N–H and O–H groups in total. The standard InChI is InChI=1S/C24H27N3O5S/c28-22(13-19(26-23(29)30)11-17-7-3-1-4-8-17)21(12-18-9-5-2-6-10-18)27-24(31)32-15-20-14-25-16-33-20/h1-10,14,16,19,21-22,26,28H,11-13,15H2,(H,27,31)(H,29,30)/t19-,21-,22-/m0/s1. The van der Waals surface area contributed by atoms with Crippen LogP contribution in [-0.4, -0.2) is 45.6 Å². The van der Waals surface area contributed by atoms with Crippen molar-refractivity contribution >= 4 is 23.5 Å². The molecule has 0 aliphatic rings. The summed E-state index contributed by atoms with van der Waals surface area (Å²) < 4.78 is 5.27. The number of aliphatic hydroxyl groups is 1. The molecule has 0 radical (unpaired) electrons. The normalized spacial score (nSPS) is 13.5. The van der Waals surface area contributed by atoms with Gasteiger partial charge >= 0.3 is 12.2 Å². The second-order valence-electron chi connectivity index (χ2n) is 7.62. The molecule has 2 aromatic carbocycles. The van der Waals surface area contributed by atoms with E-state index in [4.69, 9.17) is 4.74 Å². The largest absolute Gasteiger partial charge is 0.465 e. The van der Waals surface area contributed by atoms with Gasteiger partial charge in [0, 0.05) is 12.2 Å². The minimum absolute atomic E-state index is 0.0852. The van der Waals surface area contributed by atoms with E-state index in [9.17, 15) is 19.8 Å². The molecule has 0 fully saturated rings. The van der Waals surface area contributed by atoms with Gasteiger partial charge in [-0.2, -0.15) is 0 Å². The summed E-state index contributed by atoms with van der Waals surface area (Å²) >= 11 is 1.38. The van der Waals surface area contributed by atoms with Gasteiger partial charge in [-0.3, -0.25) is 4.98 Å². The summed E-state index contributed by atoms with van der Waals surface area (Å²) in [6.45, 7) is 0.0852. The monoisotopic (exact) mass is 469 g/mol. The van der Waals surface area contributed by atoms with E-state index in [0.29, 0.717) is 12.8 Å². The second-order valence-corrected chi connectivity index (χ2v) is 8.59. The zero-order chi connectivity index (χ0) is 23.5. The van der Waals surface area contributed by atoms with Crippen LogP contribution in [0.3, 0.4) is 0 Å². The zero-order valence-corrected chi connectivity index (χ0v) is 18.8. The molecule has 174 valence electrons. The molecule has 0 saturated heterocycles. The van der Waals surface area contributed by atoms with E-state index in [1.54, 1.807) is 11.7 Å². The quantitative estimate of drug-likeness (QED) is 0.340. The number of alkyl carbamates (subject to hydrolysis) is 1. The number of benzene rings is 2. The first kappa shape index (κ1) is 24.2. The molecule has 0 bridgehead atoms. The van der Waals surface area contributed by atoms with Gasteiger partial charge in [0.05, 0.1) is 22.5 Å². The number of carbonyl (C=O) groups excluding carboxylic acids is 1. The summed E-state index contributed by atoms with van der Waals surface area (Å²) in [5.74, 6) is 0. The molecule has 3 rings (SSSR count). The number of hydrogen-bond donors (Lipinski definition) is 4. The maximum atomic E-state index is 12.4. The summed E-state index contributed by atoms with van der Waals surface area (Å²) in [6.07, 6.45) is -0.315. The number of nitrogens with zero attached hydrogens (tertiary/aromatic N) is 1. The van der Waals surface area contributed by atoms with Gasteiger partial charge in [0.1, 0.15) is 6.61 Å². The number of aliphatic hydroxyl groups excluding tert-OH is 1. The van der Waals surface area contributed by atoms with Gasteiger partial charge < -0.3 is 25.6 Å². The Kier molecular flexibility index (Phi) is 9.22. The second kappa shape index (κ2) is 12.6. The zero-order valence-electron chi connectivity index (χ0n) is 18.0. The molecule has 0 unspecified atom stereocenters. The molecule has 3 atom stereocenters. The summed E-state index contributed by atoms with van der Waals surface area (Å²) in [5.41, 5.74) is 3.52. The van der Waals surface area contributed by atoms with Crippen molar-refractivity contribution in [1.82, 2.24) is 15.6 Å². The molecule has 33 heavy (non-hydrogen) atoms. The average molecular weight is 470 g/mol. The lowest BCUT2D eigenvalue weighted by molar-refractivity contribution is 0.0890. The fourth-order valence-corrected chi connectivity index (χ4v) is 4.02. The molecule has 1 heterocycles. The predicted octanol–water partition coefficient (Wildman–Crippen LogP) is 3.61. The highest BCUT2D eigenvalue weighted by Crippen LogP contribution is 2.15. The van der Waals surface area contributed by atoms with Gasteiger partial charge in [-0.05, 0) is 30.4 Å². The highest BCUT2D eigenvalue weighted by molar-refractivity contribution is 7.09. The van der Waals surface area contributed by atoms with Gasteiger partial charge in [-0.1, -0.05) is 60.7 Å². The van der Waals surface area contributed by atoms with Gasteiger partial charge in [0.15, 0.2) is 0 Å². The Morgan fingerprint density at radius 1 is 0.970 bits per heavy atom. The molecule has 0 aliphatic carbocycles. The van der Waals surface area contributed by atoms with Crippen molar-refractivity contribution in [3.8, 4) is 0 Å². The van der Waals surface area contributed by atoms with Crippen LogP contribution in [0.2, 0.25) is 0 Å². The number of amides is 2. The topological polar surface area (TPSA) is 121 Å². The Bertz CT molecular complexity index is 986. The molecule has 8 nitrogen and oxygen atoms in total. The van der Waals surface area contributed by atoms with Crippen LogP contribution in [-0.2, 0) is 24.2 Å². The van der Waals surface area contributed by atoms with E-state index in [0.717, 1.165) is 16.0 Å². The van der Waals surface area contributed by atoms with Crippen LogP contribution in [0.1, 0.15) is 22.4 Å². The van der Waals surface area contributed by atoms with Gasteiger partial charge in [-0.25, -0.2) is 9.59 Å². The third kappa shape index (κ3) is 8.55. The maximum Gasteiger partial charge on any atom is 0.407 e. The first-order valence-corrected chi connectivity index (χ1v) is 11.4. The van der Waals surface area contributed by atoms with E-state index in [2.05, 4.69) is 15.6 Å². The molecule has 2 amide bonds. The minimum atomic E-state index is -1.17. The van der Waals surface area contributed by atoms with Crippen molar-refractivity contribution in [3.63, 3.8) is 0 Å². The lowest BCUT2D eigenvalue weighted by atomic mass is 9.94. The Hall–Kier alpha value is -3.43. The van der Waals surface area contributed by atoms with Crippen LogP contribution in [0.5, 0.6) is 0 Å². The van der Waals surface area contributed by atoms with Crippen LogP contribution in [0.4, 0.5) is 9.59 Å². The van der Waals surface area contributed by atoms with Crippen LogP contribution < -0.4 is 10.6 Å². The third-order valence-electron chi connectivity index (χ3n) is 5.07. The average Bonchev–Trinajstić information content (AvgIpc) is 3.32. The van der Waals surface area contributed by atoms with E-state index in [-0.39, 0.29) is 13.0 Å². The van der Waals surface area contributed by atoms with E-state index in [1.807, 2.05) is 60.7 Å². The predicted molar refractivity (Wildman–Crippen MR) is 125 cm³/mol. The number of aromatic nitrogens is 1. The van der Waals surface area contributed by atoms with Crippen LogP contribution >= 0.6 is 11.3 Å². The van der Waals surface area contributed by atoms with Crippen LogP contribution in [0, 0.1) is 0 Å². The van der Waals surface area contributed by atoms with Gasteiger partial charge in [-0.15, -0.1) is 11.3 Å². The molecule has 0 aliphatic heterocycles. The molecule has 9 heteroatoms. The highest BCUT2D eigenvalue weighted by Gasteiger charge is 2.26. The summed E-state index contributed by atoms with van der Waals surface area (Å²) in [7, 11) is 0. The summed E-state index contributed by atoms with van der Waals surface area (Å²) in [6, 6.07) is 17.7. The molecular formula is C24H27N3O5S. The maximum absolute atomic E-state index is 12.4. The molecule has 1 aromatic heterocycles. The Labute approximate surface area is 196 Å². The minimum Gasteiger partial charge on any atom is -0.465 e. The SMILES string of the molecule is O=C(O)N[C@@H](Cc1ccccc1)C[C@H](O)[C@H](Cc1ccccc1)NC(=O)OCc1cncs1. The van der Waals surface area contributed by atoms with Crippen molar-refractivity contribution < 1.29 is 24.5 Å². The fraction of sp³-hybridized carbons (Fsp3) is 0.292. The van der Waals surface area contributed by atoms with Crippen molar-refractivity contribution in [2.24, 2.45) is 0 Å². The molecule has 3 aromatic rings. The van der Waals surface area contributed by atoms with E-state index in [1.165, 1.54) is 11.3 Å². The van der Waals surface area contributed by atoms with Gasteiger partial charge in [0.2, 0.25) is 0 Å². The number of nitrogens with one attached hydrogen (secondary N) is 2. The lowest BCUT2D eigenvalue weighted by Gasteiger charge is -2.27. The van der Waals surface area contributed by atoms with Crippen molar-refractivity contribution in [2.75, 3.05) is 0 Å². The number of ether oxygens (including phenoxy) is 1. The van der Waals surface area contributed by atoms with Crippen LogP contribution in [0.15, 0.2) is 72.4 Å². The summed E-state index contributed by atoms with van der Waals surface area (Å²) in [4.78, 5) is 28.5. The first-order valence-electron chi connectivity index (χ1n) is 10.6. The van der Waals surface area contributed by atoms with Crippen LogP contribution in [0.25, 0.3) is 0 Å². The third-order valence-corrected chi connectivity index (χ3v) is 5.83. The van der Waals surface area contributed by atoms with Crippen molar-refractivity contribution in [3.05, 3.63) is 88.4 Å². The Morgan fingerprint density at radius 3 is 2.18 bits per heavy atom. The van der Waals surface area contributed by atoms with Crippen molar-refractivity contribution in [2.45, 2.75) is 44.1 Å². The Morgan fingerprint density at radius 2 is 1.61 bits per heavy atom. The molecular weight excluding hydrogens is 442 g/mol. The number of carboxylic acid groups (broad SMARTS) is 1. The van der Waals surface area contributed by atoms with E-state index >= 15 is 0 Å². The summed E-state index contributed by atoms with van der Waals surface area (Å²) in [5, 5.41) is 25.5. The molecule has 0 spiro atoms. The van der Waals surface area contributed by atoms with Crippen molar-refractivity contribution in [1.29, 1.82) is 0 Å². The lowest BCUT2D eigenvalue weighted by Crippen LogP contribution is -2.48. The van der Waals surface area contributed by atoms with Gasteiger partial charge in [0.25, 0.3) is 0 Å². The number of hydrogen-bond acceptors (Lipinski definition) is 6. The Balaban J connectivity index is 1.67.